The highest BCUT2D eigenvalue weighted by Gasteiger charge is 2.20. The normalized spacial score (nSPS) is 16.1. The lowest BCUT2D eigenvalue weighted by Crippen LogP contribution is -2.27. The average molecular weight is 274 g/mol. The van der Waals surface area contributed by atoms with Crippen LogP contribution in [0.25, 0.3) is 0 Å². The van der Waals surface area contributed by atoms with E-state index in [1.54, 1.807) is 4.68 Å². The number of nitrogens with one attached hydrogen (secondary N) is 2. The van der Waals surface area contributed by atoms with Crippen molar-refractivity contribution in [2.24, 2.45) is 7.05 Å². The smallest absolute Gasteiger partial charge is 0.227 e. The molecule has 0 spiro atoms. The van der Waals surface area contributed by atoms with E-state index >= 15 is 0 Å². The number of hydrogen-bond acceptors (Lipinski definition) is 4. The number of aryl methyl sites for hydroxylation is 1. The third-order valence-corrected chi connectivity index (χ3v) is 3.06. The Kier molecular flexibility index (Phi) is 5.55. The van der Waals surface area contributed by atoms with Gasteiger partial charge < -0.3 is 5.32 Å². The zero-order valence-corrected chi connectivity index (χ0v) is 11.6. The van der Waals surface area contributed by atoms with Crippen LogP contribution in [0.5, 0.6) is 0 Å². The van der Waals surface area contributed by atoms with E-state index in [4.69, 9.17) is 0 Å². The van der Waals surface area contributed by atoms with Crippen LogP contribution in [0.3, 0.4) is 0 Å². The van der Waals surface area contributed by atoms with Crippen molar-refractivity contribution in [3.05, 3.63) is 5.82 Å². The SMILES string of the molecule is CCC(=O)Nc1nc(C2CCNCC2)nn1C.Cl. The number of anilines is 1. The molecule has 18 heavy (non-hydrogen) atoms. The van der Waals surface area contributed by atoms with Crippen LogP contribution in [-0.4, -0.2) is 33.8 Å². The summed E-state index contributed by atoms with van der Waals surface area (Å²) in [4.78, 5) is 15.7. The quantitative estimate of drug-likeness (QED) is 0.864. The Hall–Kier alpha value is -1.14. The molecule has 0 atom stereocenters. The van der Waals surface area contributed by atoms with Crippen LogP contribution in [0.4, 0.5) is 5.95 Å². The third-order valence-electron chi connectivity index (χ3n) is 3.06. The molecule has 1 aromatic heterocycles. The second-order valence-corrected chi connectivity index (χ2v) is 4.34. The molecule has 6 nitrogen and oxygen atoms in total. The Morgan fingerprint density at radius 1 is 1.50 bits per heavy atom. The minimum atomic E-state index is -0.0302. The van der Waals surface area contributed by atoms with E-state index in [-0.39, 0.29) is 18.3 Å². The predicted molar refractivity (Wildman–Crippen MR) is 72.0 cm³/mol. The van der Waals surface area contributed by atoms with Crippen molar-refractivity contribution in [1.29, 1.82) is 0 Å². The first-order chi connectivity index (χ1) is 8.20. The standard InChI is InChI=1S/C11H19N5O.ClH/c1-3-9(17)13-11-14-10(15-16(11)2)8-4-6-12-7-5-8;/h8,12H,3-7H2,1-2H3,(H,13,14,15,17);1H. The molecule has 0 aliphatic carbocycles. The molecular formula is C11H20ClN5O. The summed E-state index contributed by atoms with van der Waals surface area (Å²) in [5.41, 5.74) is 0. The molecule has 0 radical (unpaired) electrons. The van der Waals surface area contributed by atoms with Gasteiger partial charge in [-0.25, -0.2) is 4.68 Å². The van der Waals surface area contributed by atoms with Crippen LogP contribution < -0.4 is 10.6 Å². The zero-order chi connectivity index (χ0) is 12.3. The molecule has 0 aromatic carbocycles. The van der Waals surface area contributed by atoms with Crippen molar-refractivity contribution in [2.75, 3.05) is 18.4 Å². The fourth-order valence-electron chi connectivity index (χ4n) is 1.98. The molecule has 0 saturated carbocycles. The summed E-state index contributed by atoms with van der Waals surface area (Å²) in [5.74, 6) is 1.78. The molecule has 2 N–H and O–H groups in total. The summed E-state index contributed by atoms with van der Waals surface area (Å²) in [7, 11) is 1.81. The van der Waals surface area contributed by atoms with E-state index in [0.717, 1.165) is 31.8 Å². The van der Waals surface area contributed by atoms with E-state index in [0.29, 0.717) is 18.3 Å². The molecule has 0 bridgehead atoms. The molecule has 1 aromatic rings. The summed E-state index contributed by atoms with van der Waals surface area (Å²) < 4.78 is 1.64. The second-order valence-electron chi connectivity index (χ2n) is 4.34. The van der Waals surface area contributed by atoms with E-state index < -0.39 is 0 Å². The molecule has 2 rings (SSSR count). The molecule has 0 unspecified atom stereocenters. The molecule has 1 aliphatic rings. The van der Waals surface area contributed by atoms with Crippen molar-refractivity contribution < 1.29 is 4.79 Å². The predicted octanol–water partition coefficient (Wildman–Crippen LogP) is 1.05. The maximum absolute atomic E-state index is 11.3. The molecule has 1 fully saturated rings. The number of rotatable bonds is 3. The summed E-state index contributed by atoms with van der Waals surface area (Å²) >= 11 is 0. The van der Waals surface area contributed by atoms with E-state index in [1.165, 1.54) is 0 Å². The van der Waals surface area contributed by atoms with Crippen LogP contribution >= 0.6 is 12.4 Å². The van der Waals surface area contributed by atoms with Crippen molar-refractivity contribution in [1.82, 2.24) is 20.1 Å². The minimum Gasteiger partial charge on any atom is -0.317 e. The monoisotopic (exact) mass is 273 g/mol. The third kappa shape index (κ3) is 3.43. The first-order valence-corrected chi connectivity index (χ1v) is 6.12. The first kappa shape index (κ1) is 14.9. The van der Waals surface area contributed by atoms with Crippen molar-refractivity contribution >= 4 is 24.3 Å². The highest BCUT2D eigenvalue weighted by molar-refractivity contribution is 5.88. The van der Waals surface area contributed by atoms with Gasteiger partial charge in [0, 0.05) is 19.4 Å². The van der Waals surface area contributed by atoms with Crippen LogP contribution in [0, 0.1) is 0 Å². The van der Waals surface area contributed by atoms with Gasteiger partial charge in [0.1, 0.15) is 0 Å². The molecule has 102 valence electrons. The highest BCUT2D eigenvalue weighted by Crippen LogP contribution is 2.23. The van der Waals surface area contributed by atoms with Gasteiger partial charge in [0.25, 0.3) is 0 Å². The topological polar surface area (TPSA) is 71.8 Å². The van der Waals surface area contributed by atoms with Gasteiger partial charge in [0.05, 0.1) is 0 Å². The number of amides is 1. The average Bonchev–Trinajstić information content (AvgIpc) is 2.72. The minimum absolute atomic E-state index is 0. The van der Waals surface area contributed by atoms with Gasteiger partial charge >= 0.3 is 0 Å². The number of halogens is 1. The fourth-order valence-corrected chi connectivity index (χ4v) is 1.98. The zero-order valence-electron chi connectivity index (χ0n) is 10.8. The Morgan fingerprint density at radius 3 is 2.78 bits per heavy atom. The van der Waals surface area contributed by atoms with Crippen molar-refractivity contribution in [2.45, 2.75) is 32.1 Å². The van der Waals surface area contributed by atoms with Gasteiger partial charge in [-0.05, 0) is 25.9 Å². The number of carbonyl (C=O) groups excluding carboxylic acids is 1. The summed E-state index contributed by atoms with van der Waals surface area (Å²) in [6.45, 7) is 3.85. The van der Waals surface area contributed by atoms with Crippen molar-refractivity contribution in [3.63, 3.8) is 0 Å². The summed E-state index contributed by atoms with van der Waals surface area (Å²) in [6, 6.07) is 0. The van der Waals surface area contributed by atoms with Crippen LogP contribution in [0.1, 0.15) is 37.9 Å². The first-order valence-electron chi connectivity index (χ1n) is 6.12. The Morgan fingerprint density at radius 2 is 2.17 bits per heavy atom. The van der Waals surface area contributed by atoms with Gasteiger partial charge in [0.15, 0.2) is 5.82 Å². The van der Waals surface area contributed by atoms with E-state index in [9.17, 15) is 4.79 Å². The van der Waals surface area contributed by atoms with E-state index in [2.05, 4.69) is 20.7 Å². The second kappa shape index (κ2) is 6.70. The summed E-state index contributed by atoms with van der Waals surface area (Å²) in [5, 5.41) is 10.5. The lowest BCUT2D eigenvalue weighted by molar-refractivity contribution is -0.115. The van der Waals surface area contributed by atoms with Crippen LogP contribution in [0.15, 0.2) is 0 Å². The Bertz CT molecular complexity index is 400. The van der Waals surface area contributed by atoms with Gasteiger partial charge in [-0.3, -0.25) is 10.1 Å². The highest BCUT2D eigenvalue weighted by atomic mass is 35.5. The lowest BCUT2D eigenvalue weighted by atomic mass is 9.98. The summed E-state index contributed by atoms with van der Waals surface area (Å²) in [6.07, 6.45) is 2.58. The van der Waals surface area contributed by atoms with E-state index in [1.807, 2.05) is 14.0 Å². The number of aromatic nitrogens is 3. The molecule has 1 amide bonds. The van der Waals surface area contributed by atoms with Gasteiger partial charge in [-0.2, -0.15) is 10.1 Å². The van der Waals surface area contributed by atoms with Gasteiger partial charge in [0.2, 0.25) is 11.9 Å². The fraction of sp³-hybridized carbons (Fsp3) is 0.727. The maximum atomic E-state index is 11.3. The number of carbonyl (C=O) groups is 1. The lowest BCUT2D eigenvalue weighted by Gasteiger charge is -2.19. The van der Waals surface area contributed by atoms with Crippen molar-refractivity contribution in [3.8, 4) is 0 Å². The molecule has 2 heterocycles. The van der Waals surface area contributed by atoms with Crippen LogP contribution in [0.2, 0.25) is 0 Å². The maximum Gasteiger partial charge on any atom is 0.227 e. The van der Waals surface area contributed by atoms with Crippen LogP contribution in [-0.2, 0) is 11.8 Å². The number of hydrogen-bond donors (Lipinski definition) is 2. The largest absolute Gasteiger partial charge is 0.317 e. The molecule has 1 saturated heterocycles. The van der Waals surface area contributed by atoms with Gasteiger partial charge in [-0.1, -0.05) is 6.92 Å². The molecule has 7 heteroatoms. The molecule has 1 aliphatic heterocycles. The molecular weight excluding hydrogens is 254 g/mol. The Labute approximate surface area is 113 Å². The number of nitrogens with zero attached hydrogens (tertiary/aromatic N) is 3. The Balaban J connectivity index is 0.00000162. The number of piperidine rings is 1. The van der Waals surface area contributed by atoms with Gasteiger partial charge in [-0.15, -0.1) is 12.4 Å².